The number of carbonyl (C=O) groups is 1. The van der Waals surface area contributed by atoms with Crippen LogP contribution in [0.1, 0.15) is 18.9 Å². The van der Waals surface area contributed by atoms with E-state index in [1.807, 2.05) is 37.3 Å². The van der Waals surface area contributed by atoms with Crippen LogP contribution in [0.15, 0.2) is 46.1 Å². The summed E-state index contributed by atoms with van der Waals surface area (Å²) < 4.78 is 6.50. The molecule has 1 aliphatic heterocycles. The molecule has 0 radical (unpaired) electrons. The molecule has 2 aromatic heterocycles. The average Bonchev–Trinajstić information content (AvgIpc) is 3.15. The number of furan rings is 1. The van der Waals surface area contributed by atoms with Gasteiger partial charge in [0, 0.05) is 17.9 Å². The van der Waals surface area contributed by atoms with Gasteiger partial charge >= 0.3 is 0 Å². The minimum atomic E-state index is -0.0360. The topological polar surface area (TPSA) is 67.5 Å². The maximum atomic E-state index is 11.4. The van der Waals surface area contributed by atoms with Crippen LogP contribution in [0.25, 0.3) is 21.0 Å². The Bertz CT molecular complexity index is 880. The Morgan fingerprint density at radius 3 is 3.05 bits per heavy atom. The van der Waals surface area contributed by atoms with Crippen LogP contribution >= 0.6 is 11.3 Å². The minimum Gasteiger partial charge on any atom is -0.462 e. The van der Waals surface area contributed by atoms with Crippen molar-refractivity contribution >= 4 is 33.2 Å². The number of hydrogen-bond donors (Lipinski definition) is 1. The fourth-order valence-corrected chi connectivity index (χ4v) is 3.51. The largest absolute Gasteiger partial charge is 0.462 e. The highest BCUT2D eigenvalue weighted by molar-refractivity contribution is 7.21. The first-order valence-corrected chi connectivity index (χ1v) is 7.83. The molecule has 1 amide bonds. The summed E-state index contributed by atoms with van der Waals surface area (Å²) >= 11 is 1.60. The molecule has 3 heterocycles. The lowest BCUT2D eigenvalue weighted by Gasteiger charge is -2.18. The van der Waals surface area contributed by atoms with Crippen molar-refractivity contribution in [2.24, 2.45) is 11.0 Å². The summed E-state index contributed by atoms with van der Waals surface area (Å²) in [5.74, 6) is 0.846. The fourth-order valence-electron chi connectivity index (χ4n) is 2.59. The average molecular weight is 311 g/mol. The van der Waals surface area contributed by atoms with Gasteiger partial charge in [0.15, 0.2) is 10.8 Å². The molecule has 5 nitrogen and oxygen atoms in total. The SMILES string of the molecule is CC1CC(=O)NN=C1c1ccc2sc(-c3ccco3)nc2c1. The predicted octanol–water partition coefficient (Wildman–Crippen LogP) is 3.42. The zero-order valence-electron chi connectivity index (χ0n) is 11.9. The van der Waals surface area contributed by atoms with E-state index in [0.29, 0.717) is 6.42 Å². The number of hydrazone groups is 1. The summed E-state index contributed by atoms with van der Waals surface area (Å²) in [5, 5.41) is 5.06. The number of nitrogens with zero attached hydrogens (tertiary/aromatic N) is 2. The molecular weight excluding hydrogens is 298 g/mol. The molecule has 4 rings (SSSR count). The van der Waals surface area contributed by atoms with Crippen LogP contribution in [0.5, 0.6) is 0 Å². The first-order valence-electron chi connectivity index (χ1n) is 7.02. The third-order valence-corrected chi connectivity index (χ3v) is 4.73. The first-order chi connectivity index (χ1) is 10.7. The van der Waals surface area contributed by atoms with Crippen molar-refractivity contribution in [1.82, 2.24) is 10.4 Å². The predicted molar refractivity (Wildman–Crippen MR) is 85.8 cm³/mol. The number of hydrogen-bond acceptors (Lipinski definition) is 5. The van der Waals surface area contributed by atoms with Crippen LogP contribution in [0, 0.1) is 5.92 Å². The van der Waals surface area contributed by atoms with Crippen molar-refractivity contribution in [3.05, 3.63) is 42.2 Å². The molecule has 1 N–H and O–H groups in total. The molecule has 3 aromatic rings. The molecular formula is C16H13N3O2S. The van der Waals surface area contributed by atoms with E-state index in [4.69, 9.17) is 4.42 Å². The Balaban J connectivity index is 1.76. The molecule has 0 spiro atoms. The Hall–Kier alpha value is -2.47. The van der Waals surface area contributed by atoms with Gasteiger partial charge in [-0.15, -0.1) is 11.3 Å². The fraction of sp³-hybridized carbons (Fsp3) is 0.188. The Labute approximate surface area is 130 Å². The number of rotatable bonds is 2. The van der Waals surface area contributed by atoms with Gasteiger partial charge < -0.3 is 4.42 Å². The lowest BCUT2D eigenvalue weighted by molar-refractivity contribution is -0.121. The maximum Gasteiger partial charge on any atom is 0.240 e. The highest BCUT2D eigenvalue weighted by Crippen LogP contribution is 2.31. The van der Waals surface area contributed by atoms with Gasteiger partial charge in [0.25, 0.3) is 0 Å². The standard InChI is InChI=1S/C16H13N3O2S/c1-9-7-14(20)18-19-15(9)10-4-5-13-11(8-10)17-16(22-13)12-3-2-6-21-12/h2-6,8-9H,7H2,1H3,(H,18,20). The van der Waals surface area contributed by atoms with Crippen molar-refractivity contribution < 1.29 is 9.21 Å². The molecule has 1 aromatic carbocycles. The summed E-state index contributed by atoms with van der Waals surface area (Å²) in [5.41, 5.74) is 5.36. The molecule has 0 saturated carbocycles. The smallest absolute Gasteiger partial charge is 0.240 e. The molecule has 1 aliphatic rings. The van der Waals surface area contributed by atoms with Gasteiger partial charge in [-0.1, -0.05) is 13.0 Å². The molecule has 110 valence electrons. The number of amides is 1. The van der Waals surface area contributed by atoms with E-state index in [9.17, 15) is 4.79 Å². The summed E-state index contributed by atoms with van der Waals surface area (Å²) in [6.07, 6.45) is 2.11. The van der Waals surface area contributed by atoms with Gasteiger partial charge in [-0.05, 0) is 24.3 Å². The van der Waals surface area contributed by atoms with Crippen molar-refractivity contribution in [2.45, 2.75) is 13.3 Å². The molecule has 0 bridgehead atoms. The second-order valence-corrected chi connectivity index (χ2v) is 6.35. The third kappa shape index (κ3) is 2.21. The van der Waals surface area contributed by atoms with Crippen LogP contribution in [-0.4, -0.2) is 16.6 Å². The third-order valence-electron chi connectivity index (χ3n) is 3.67. The van der Waals surface area contributed by atoms with Crippen LogP contribution in [0.2, 0.25) is 0 Å². The highest BCUT2D eigenvalue weighted by atomic mass is 32.1. The summed E-state index contributed by atoms with van der Waals surface area (Å²) in [4.78, 5) is 16.0. The second kappa shape index (κ2) is 5.06. The molecule has 1 unspecified atom stereocenters. The second-order valence-electron chi connectivity index (χ2n) is 5.32. The normalized spacial score (nSPS) is 18.3. The zero-order chi connectivity index (χ0) is 15.1. The van der Waals surface area contributed by atoms with E-state index < -0.39 is 0 Å². The number of thiazole rings is 1. The molecule has 0 saturated heterocycles. The number of carbonyl (C=O) groups excluding carboxylic acids is 1. The number of benzene rings is 1. The van der Waals surface area contributed by atoms with Crippen molar-refractivity contribution in [2.75, 3.05) is 0 Å². The van der Waals surface area contributed by atoms with Crippen molar-refractivity contribution in [3.8, 4) is 10.8 Å². The lowest BCUT2D eigenvalue weighted by Crippen LogP contribution is -2.31. The van der Waals surface area contributed by atoms with Crippen molar-refractivity contribution in [3.63, 3.8) is 0 Å². The number of nitrogens with one attached hydrogen (secondary N) is 1. The highest BCUT2D eigenvalue weighted by Gasteiger charge is 2.22. The van der Waals surface area contributed by atoms with E-state index in [1.165, 1.54) is 0 Å². The molecule has 0 fully saturated rings. The van der Waals surface area contributed by atoms with E-state index in [1.54, 1.807) is 17.6 Å². The van der Waals surface area contributed by atoms with Gasteiger partial charge in [-0.2, -0.15) is 5.10 Å². The van der Waals surface area contributed by atoms with Gasteiger partial charge in [0.2, 0.25) is 5.91 Å². The Morgan fingerprint density at radius 1 is 1.36 bits per heavy atom. The summed E-state index contributed by atoms with van der Waals surface area (Å²) in [6, 6.07) is 9.85. The summed E-state index contributed by atoms with van der Waals surface area (Å²) in [7, 11) is 0. The Kier molecular flexibility index (Phi) is 3.04. The van der Waals surface area contributed by atoms with Crippen LogP contribution in [0.3, 0.4) is 0 Å². The van der Waals surface area contributed by atoms with Gasteiger partial charge in [-0.3, -0.25) is 4.79 Å². The van der Waals surface area contributed by atoms with Crippen LogP contribution in [0.4, 0.5) is 0 Å². The van der Waals surface area contributed by atoms with E-state index in [0.717, 1.165) is 32.3 Å². The van der Waals surface area contributed by atoms with Crippen LogP contribution < -0.4 is 5.43 Å². The van der Waals surface area contributed by atoms with Gasteiger partial charge in [-0.25, -0.2) is 10.4 Å². The molecule has 1 atom stereocenters. The summed E-state index contributed by atoms with van der Waals surface area (Å²) in [6.45, 7) is 2.01. The first kappa shape index (κ1) is 13.2. The van der Waals surface area contributed by atoms with Gasteiger partial charge in [0.1, 0.15) is 0 Å². The zero-order valence-corrected chi connectivity index (χ0v) is 12.7. The van der Waals surface area contributed by atoms with E-state index in [-0.39, 0.29) is 11.8 Å². The van der Waals surface area contributed by atoms with E-state index in [2.05, 4.69) is 15.5 Å². The minimum absolute atomic E-state index is 0.0360. The Morgan fingerprint density at radius 2 is 2.27 bits per heavy atom. The molecule has 22 heavy (non-hydrogen) atoms. The number of fused-ring (bicyclic) bond motifs is 1. The van der Waals surface area contributed by atoms with Gasteiger partial charge in [0.05, 0.1) is 22.2 Å². The molecule has 6 heteroatoms. The lowest BCUT2D eigenvalue weighted by atomic mass is 9.94. The van der Waals surface area contributed by atoms with E-state index >= 15 is 0 Å². The van der Waals surface area contributed by atoms with Crippen LogP contribution in [-0.2, 0) is 4.79 Å². The number of aromatic nitrogens is 1. The monoisotopic (exact) mass is 311 g/mol. The van der Waals surface area contributed by atoms with Crippen molar-refractivity contribution in [1.29, 1.82) is 0 Å². The maximum absolute atomic E-state index is 11.4. The molecule has 0 aliphatic carbocycles. The quantitative estimate of drug-likeness (QED) is 0.788.